The van der Waals surface area contributed by atoms with E-state index in [2.05, 4.69) is 21.7 Å². The summed E-state index contributed by atoms with van der Waals surface area (Å²) in [6.07, 6.45) is 0.948. The van der Waals surface area contributed by atoms with Crippen LogP contribution >= 0.6 is 11.3 Å². The Kier molecular flexibility index (Phi) is 4.64. The van der Waals surface area contributed by atoms with Crippen molar-refractivity contribution in [3.63, 3.8) is 0 Å². The fourth-order valence-corrected chi connectivity index (χ4v) is 3.78. The number of nitro groups is 1. The molecule has 0 spiro atoms. The van der Waals surface area contributed by atoms with Crippen LogP contribution in [0, 0.1) is 24.0 Å². The van der Waals surface area contributed by atoms with E-state index in [-0.39, 0.29) is 23.8 Å². The number of hydrogen-bond donors (Lipinski definition) is 1. The van der Waals surface area contributed by atoms with Gasteiger partial charge in [-0.1, -0.05) is 0 Å². The molecule has 1 aliphatic heterocycles. The van der Waals surface area contributed by atoms with Crippen molar-refractivity contribution in [2.75, 3.05) is 18.4 Å². The van der Waals surface area contributed by atoms with Gasteiger partial charge in [0.1, 0.15) is 5.69 Å². The van der Waals surface area contributed by atoms with Crippen LogP contribution < -0.4 is 5.32 Å². The summed E-state index contributed by atoms with van der Waals surface area (Å²) in [7, 11) is 0. The maximum absolute atomic E-state index is 12.3. The van der Waals surface area contributed by atoms with Crippen molar-refractivity contribution >= 4 is 28.6 Å². The number of anilines is 1. The van der Waals surface area contributed by atoms with Crippen LogP contribution in [0.2, 0.25) is 0 Å². The van der Waals surface area contributed by atoms with Crippen molar-refractivity contribution < 1.29 is 9.72 Å². The Hall–Kier alpha value is -2.25. The number of nitro benzene ring substituents is 1. The molecule has 6 nitrogen and oxygen atoms in total. The van der Waals surface area contributed by atoms with E-state index in [1.54, 1.807) is 17.4 Å². The Morgan fingerprint density at radius 1 is 1.38 bits per heavy atom. The lowest BCUT2D eigenvalue weighted by Gasteiger charge is -2.26. The highest BCUT2D eigenvalue weighted by molar-refractivity contribution is 7.10. The second-order valence-electron chi connectivity index (χ2n) is 6.09. The monoisotopic (exact) mass is 345 g/mol. The number of aryl methyl sites for hydroxylation is 2. The number of carbonyl (C=O) groups is 1. The first-order chi connectivity index (χ1) is 11.4. The summed E-state index contributed by atoms with van der Waals surface area (Å²) in [6.45, 7) is 5.51. The maximum atomic E-state index is 12.3. The second-order valence-corrected chi connectivity index (χ2v) is 7.09. The Morgan fingerprint density at radius 3 is 2.88 bits per heavy atom. The molecule has 126 valence electrons. The van der Waals surface area contributed by atoms with Crippen LogP contribution in [-0.4, -0.2) is 28.8 Å². The highest BCUT2D eigenvalue weighted by atomic mass is 32.1. The molecule has 24 heavy (non-hydrogen) atoms. The van der Waals surface area contributed by atoms with Gasteiger partial charge in [0.15, 0.2) is 0 Å². The third-order valence-electron chi connectivity index (χ3n) is 4.34. The largest absolute Gasteiger partial charge is 0.319 e. The van der Waals surface area contributed by atoms with Crippen molar-refractivity contribution in [2.45, 2.75) is 26.8 Å². The summed E-state index contributed by atoms with van der Waals surface area (Å²) in [5, 5.41) is 16.0. The van der Waals surface area contributed by atoms with Gasteiger partial charge in [-0.15, -0.1) is 11.3 Å². The molecule has 0 radical (unpaired) electrons. The van der Waals surface area contributed by atoms with E-state index >= 15 is 0 Å². The molecule has 0 saturated heterocycles. The van der Waals surface area contributed by atoms with Crippen LogP contribution in [0.5, 0.6) is 0 Å². The fourth-order valence-electron chi connectivity index (χ4n) is 2.89. The van der Waals surface area contributed by atoms with Gasteiger partial charge in [-0.25, -0.2) is 0 Å². The molecule has 1 aromatic carbocycles. The number of carbonyl (C=O) groups excluding carboxylic acids is 1. The van der Waals surface area contributed by atoms with Gasteiger partial charge < -0.3 is 5.32 Å². The number of fused-ring (bicyclic) bond motifs is 1. The van der Waals surface area contributed by atoms with E-state index in [0.29, 0.717) is 0 Å². The minimum atomic E-state index is -0.458. The van der Waals surface area contributed by atoms with Gasteiger partial charge in [0.25, 0.3) is 5.69 Å². The molecule has 0 aliphatic carbocycles. The molecule has 0 fully saturated rings. The topological polar surface area (TPSA) is 75.5 Å². The average Bonchev–Trinajstić information content (AvgIpc) is 2.98. The summed E-state index contributed by atoms with van der Waals surface area (Å²) in [6, 6.07) is 5.26. The minimum absolute atomic E-state index is 0.0646. The quantitative estimate of drug-likeness (QED) is 0.682. The zero-order chi connectivity index (χ0) is 17.3. The van der Waals surface area contributed by atoms with E-state index in [1.807, 2.05) is 13.8 Å². The van der Waals surface area contributed by atoms with Crippen LogP contribution in [0.3, 0.4) is 0 Å². The van der Waals surface area contributed by atoms with Crippen LogP contribution in [0.4, 0.5) is 11.4 Å². The van der Waals surface area contributed by atoms with E-state index in [4.69, 9.17) is 0 Å². The lowest BCUT2D eigenvalue weighted by atomic mass is 10.1. The molecular formula is C17H19N3O3S. The zero-order valence-corrected chi connectivity index (χ0v) is 14.5. The van der Waals surface area contributed by atoms with Gasteiger partial charge >= 0.3 is 0 Å². The number of nitrogens with one attached hydrogen (secondary N) is 1. The molecule has 0 atom stereocenters. The number of nitrogens with zero attached hydrogens (tertiary/aromatic N) is 2. The first kappa shape index (κ1) is 16.6. The average molecular weight is 345 g/mol. The van der Waals surface area contributed by atoms with Crippen LogP contribution in [0.15, 0.2) is 23.6 Å². The van der Waals surface area contributed by atoms with Gasteiger partial charge in [-0.05, 0) is 54.5 Å². The summed E-state index contributed by atoms with van der Waals surface area (Å²) < 4.78 is 0. The number of rotatable bonds is 4. The Bertz CT molecular complexity index is 800. The lowest BCUT2D eigenvalue weighted by molar-refractivity contribution is -0.384. The third-order valence-corrected chi connectivity index (χ3v) is 5.36. The minimum Gasteiger partial charge on any atom is -0.319 e. The van der Waals surface area contributed by atoms with Crippen LogP contribution in [0.25, 0.3) is 0 Å². The fraction of sp³-hybridized carbons (Fsp3) is 0.353. The summed E-state index contributed by atoms with van der Waals surface area (Å²) >= 11 is 1.75. The summed E-state index contributed by atoms with van der Waals surface area (Å²) in [5.74, 6) is -0.222. The van der Waals surface area contributed by atoms with Crippen LogP contribution in [-0.2, 0) is 17.8 Å². The van der Waals surface area contributed by atoms with Crippen molar-refractivity contribution in [1.29, 1.82) is 0 Å². The molecule has 2 aromatic rings. The van der Waals surface area contributed by atoms with Crippen LogP contribution in [0.1, 0.15) is 21.6 Å². The van der Waals surface area contributed by atoms with E-state index in [9.17, 15) is 14.9 Å². The molecule has 1 amide bonds. The Labute approximate surface area is 144 Å². The second kappa shape index (κ2) is 6.70. The molecule has 2 heterocycles. The lowest BCUT2D eigenvalue weighted by Crippen LogP contribution is -2.36. The first-order valence-electron chi connectivity index (χ1n) is 7.77. The van der Waals surface area contributed by atoms with Crippen molar-refractivity contribution in [3.8, 4) is 0 Å². The van der Waals surface area contributed by atoms with E-state index < -0.39 is 4.92 Å². The zero-order valence-electron chi connectivity index (χ0n) is 13.7. The Balaban J connectivity index is 1.69. The number of thiophene rings is 1. The van der Waals surface area contributed by atoms with Gasteiger partial charge in [-0.2, -0.15) is 0 Å². The Morgan fingerprint density at radius 2 is 2.12 bits per heavy atom. The molecule has 0 unspecified atom stereocenters. The van der Waals surface area contributed by atoms with E-state index in [0.717, 1.165) is 30.6 Å². The molecule has 1 aliphatic rings. The molecule has 7 heteroatoms. The number of amides is 1. The predicted molar refractivity (Wildman–Crippen MR) is 94.5 cm³/mol. The molecule has 1 aromatic heterocycles. The van der Waals surface area contributed by atoms with Crippen molar-refractivity contribution in [1.82, 2.24) is 4.90 Å². The highest BCUT2D eigenvalue weighted by Gasteiger charge is 2.21. The van der Waals surface area contributed by atoms with Crippen molar-refractivity contribution in [2.24, 2.45) is 0 Å². The highest BCUT2D eigenvalue weighted by Crippen LogP contribution is 2.28. The molecule has 3 rings (SSSR count). The smallest absolute Gasteiger partial charge is 0.293 e. The predicted octanol–water partition coefficient (Wildman–Crippen LogP) is 3.27. The van der Waals surface area contributed by atoms with Gasteiger partial charge in [0.05, 0.1) is 11.5 Å². The van der Waals surface area contributed by atoms with Crippen molar-refractivity contribution in [3.05, 3.63) is 55.3 Å². The standard InChI is InChI=1S/C17H19N3O3S/c1-11-7-14(15(20(22)23)8-12(11)2)18-17(21)10-19-5-3-16-13(9-19)4-6-24-16/h4,6-8H,3,5,9-10H2,1-2H3,(H,18,21). The SMILES string of the molecule is Cc1cc(NC(=O)CN2CCc3sccc3C2)c([N+](=O)[O-])cc1C. The summed E-state index contributed by atoms with van der Waals surface area (Å²) in [5.41, 5.74) is 3.22. The maximum Gasteiger partial charge on any atom is 0.293 e. The molecular weight excluding hydrogens is 326 g/mol. The first-order valence-corrected chi connectivity index (χ1v) is 8.65. The molecule has 0 saturated carbocycles. The number of hydrogen-bond acceptors (Lipinski definition) is 5. The molecule has 1 N–H and O–H groups in total. The number of benzene rings is 1. The normalized spacial score (nSPS) is 14.2. The van der Waals surface area contributed by atoms with E-state index in [1.165, 1.54) is 16.5 Å². The summed E-state index contributed by atoms with van der Waals surface area (Å²) in [4.78, 5) is 26.5. The van der Waals surface area contributed by atoms with Gasteiger partial charge in [0.2, 0.25) is 5.91 Å². The third kappa shape index (κ3) is 3.47. The van der Waals surface area contributed by atoms with Gasteiger partial charge in [0, 0.05) is 24.0 Å². The molecule has 0 bridgehead atoms. The van der Waals surface area contributed by atoms with Gasteiger partial charge in [-0.3, -0.25) is 19.8 Å².